The zero-order valence-corrected chi connectivity index (χ0v) is 13.3. The highest BCUT2D eigenvalue weighted by Crippen LogP contribution is 2.41. The van der Waals surface area contributed by atoms with Crippen LogP contribution in [0.5, 0.6) is 0 Å². The lowest BCUT2D eigenvalue weighted by atomic mass is 9.71. The van der Waals surface area contributed by atoms with E-state index >= 15 is 0 Å². The maximum Gasteiger partial charge on any atom is 0.205 e. The van der Waals surface area contributed by atoms with Crippen LogP contribution in [-0.4, -0.2) is 15.8 Å². The van der Waals surface area contributed by atoms with Crippen LogP contribution >= 0.6 is 0 Å². The highest BCUT2D eigenvalue weighted by Gasteiger charge is 2.47. The molecule has 0 amide bonds. The van der Waals surface area contributed by atoms with Crippen molar-refractivity contribution in [2.24, 2.45) is 11.3 Å². The Kier molecular flexibility index (Phi) is 3.59. The van der Waals surface area contributed by atoms with E-state index in [9.17, 15) is 0 Å². The fourth-order valence-electron chi connectivity index (χ4n) is 3.59. The molecule has 2 rings (SSSR count). The number of para-hydroxylation sites is 1. The zero-order valence-electron chi connectivity index (χ0n) is 13.3. The molecule has 0 aliphatic carbocycles. The van der Waals surface area contributed by atoms with Crippen LogP contribution in [0.2, 0.25) is 0 Å². The van der Waals surface area contributed by atoms with Gasteiger partial charge in [0.15, 0.2) is 11.3 Å². The predicted octanol–water partition coefficient (Wildman–Crippen LogP) is 5.03. The van der Waals surface area contributed by atoms with Gasteiger partial charge in [-0.15, -0.1) is 0 Å². The average molecular weight is 258 g/mol. The molecule has 1 aromatic rings. The molecule has 0 N–H and O–H groups in total. The monoisotopic (exact) mass is 258 g/mol. The van der Waals surface area contributed by atoms with E-state index in [1.165, 1.54) is 18.5 Å². The quantitative estimate of drug-likeness (QED) is 0.655. The summed E-state index contributed by atoms with van der Waals surface area (Å²) in [4.78, 5) is 0. The summed E-state index contributed by atoms with van der Waals surface area (Å²) in [5, 5.41) is 0. The van der Waals surface area contributed by atoms with Gasteiger partial charge in [0.05, 0.1) is 0 Å². The van der Waals surface area contributed by atoms with E-state index in [2.05, 4.69) is 76.4 Å². The number of benzene rings is 1. The number of hydrogen-bond acceptors (Lipinski definition) is 0. The second kappa shape index (κ2) is 4.77. The van der Waals surface area contributed by atoms with Crippen LogP contribution in [0.3, 0.4) is 0 Å². The highest BCUT2D eigenvalue weighted by atomic mass is 15.1. The minimum Gasteiger partial charge on any atom is -0.194 e. The number of nitrogens with zero attached hydrogens (tertiary/aromatic N) is 1. The van der Waals surface area contributed by atoms with E-state index in [1.807, 2.05) is 0 Å². The molecule has 0 bridgehead atoms. The first-order valence-corrected chi connectivity index (χ1v) is 7.48. The van der Waals surface area contributed by atoms with E-state index in [4.69, 9.17) is 0 Å². The number of hydrogen-bond donors (Lipinski definition) is 0. The molecule has 19 heavy (non-hydrogen) atoms. The van der Waals surface area contributed by atoms with Crippen LogP contribution in [0, 0.1) is 11.3 Å². The van der Waals surface area contributed by atoms with Crippen LogP contribution in [-0.2, 0) is 0 Å². The summed E-state index contributed by atoms with van der Waals surface area (Å²) in [6.07, 6.45) is 2.52. The SMILES string of the molecule is CC(C)C1=[N+](c2ccccc2)C(C)(C)CCC1(C)C. The van der Waals surface area contributed by atoms with Gasteiger partial charge in [-0.3, -0.25) is 0 Å². The molecule has 104 valence electrons. The largest absolute Gasteiger partial charge is 0.205 e. The van der Waals surface area contributed by atoms with Gasteiger partial charge < -0.3 is 0 Å². The Labute approximate surface area is 118 Å². The van der Waals surface area contributed by atoms with Crippen molar-refractivity contribution in [2.75, 3.05) is 0 Å². The molecule has 0 spiro atoms. The Morgan fingerprint density at radius 3 is 2.05 bits per heavy atom. The molecule has 0 fully saturated rings. The van der Waals surface area contributed by atoms with Crippen molar-refractivity contribution >= 4 is 11.4 Å². The lowest BCUT2D eigenvalue weighted by Crippen LogP contribution is -2.49. The summed E-state index contributed by atoms with van der Waals surface area (Å²) < 4.78 is 2.60. The molecule has 0 saturated heterocycles. The fourth-order valence-corrected chi connectivity index (χ4v) is 3.59. The molecule has 1 aliphatic heterocycles. The lowest BCUT2D eigenvalue weighted by molar-refractivity contribution is -0.539. The smallest absolute Gasteiger partial charge is 0.194 e. The van der Waals surface area contributed by atoms with Crippen LogP contribution in [0.1, 0.15) is 54.4 Å². The Morgan fingerprint density at radius 1 is 0.947 bits per heavy atom. The lowest BCUT2D eigenvalue weighted by Gasteiger charge is -2.39. The molecule has 0 aromatic heterocycles. The van der Waals surface area contributed by atoms with Crippen LogP contribution in [0.25, 0.3) is 0 Å². The summed E-state index contributed by atoms with van der Waals surface area (Å²) in [5.74, 6) is 0.579. The van der Waals surface area contributed by atoms with Crippen LogP contribution in [0.15, 0.2) is 30.3 Å². The van der Waals surface area contributed by atoms with Gasteiger partial charge in [-0.25, -0.2) is 0 Å². The Hall–Kier alpha value is -1.11. The van der Waals surface area contributed by atoms with Gasteiger partial charge in [-0.2, -0.15) is 4.58 Å². The van der Waals surface area contributed by atoms with Gasteiger partial charge in [0.25, 0.3) is 0 Å². The van der Waals surface area contributed by atoms with Gasteiger partial charge in [0, 0.05) is 43.7 Å². The topological polar surface area (TPSA) is 3.01 Å². The first-order valence-electron chi connectivity index (χ1n) is 7.48. The maximum absolute atomic E-state index is 2.60. The third-order valence-electron chi connectivity index (χ3n) is 4.46. The fraction of sp³-hybridized carbons (Fsp3) is 0.611. The molecule has 0 unspecified atom stereocenters. The molecule has 1 aromatic carbocycles. The zero-order chi connectivity index (χ0) is 14.3. The minimum absolute atomic E-state index is 0.205. The third kappa shape index (κ3) is 2.61. The summed E-state index contributed by atoms with van der Waals surface area (Å²) in [6.45, 7) is 14.2. The molecule has 1 nitrogen and oxygen atoms in total. The standard InChI is InChI=1S/C18H28N/c1-14(2)16-17(3,4)12-13-18(5,6)19(16)15-10-8-7-9-11-15/h7-11,14H,12-13H2,1-6H3/q+1. The molecular weight excluding hydrogens is 230 g/mol. The van der Waals surface area contributed by atoms with Crippen molar-refractivity contribution < 1.29 is 4.58 Å². The van der Waals surface area contributed by atoms with Gasteiger partial charge >= 0.3 is 0 Å². The normalized spacial score (nSPS) is 21.8. The molecule has 0 saturated carbocycles. The van der Waals surface area contributed by atoms with Gasteiger partial charge in [0.1, 0.15) is 0 Å². The van der Waals surface area contributed by atoms with Crippen molar-refractivity contribution in [3.63, 3.8) is 0 Å². The summed E-state index contributed by atoms with van der Waals surface area (Å²) >= 11 is 0. The van der Waals surface area contributed by atoms with Crippen LogP contribution in [0.4, 0.5) is 5.69 Å². The van der Waals surface area contributed by atoms with Gasteiger partial charge in [0.2, 0.25) is 5.69 Å². The summed E-state index contributed by atoms with van der Waals surface area (Å²) in [6, 6.07) is 10.9. The van der Waals surface area contributed by atoms with E-state index in [1.54, 1.807) is 5.71 Å². The first-order chi connectivity index (χ1) is 8.76. The minimum atomic E-state index is 0.205. The van der Waals surface area contributed by atoms with Gasteiger partial charge in [-0.1, -0.05) is 45.9 Å². The van der Waals surface area contributed by atoms with E-state index in [0.717, 1.165) is 0 Å². The second-order valence-electron chi connectivity index (χ2n) is 7.41. The Balaban J connectivity index is 2.71. The first kappa shape index (κ1) is 14.3. The summed E-state index contributed by atoms with van der Waals surface area (Å²) in [5.41, 5.74) is 3.41. The van der Waals surface area contributed by atoms with E-state index in [-0.39, 0.29) is 5.54 Å². The third-order valence-corrected chi connectivity index (χ3v) is 4.46. The van der Waals surface area contributed by atoms with Crippen molar-refractivity contribution in [2.45, 2.75) is 59.9 Å². The van der Waals surface area contributed by atoms with Crippen molar-refractivity contribution in [1.82, 2.24) is 0 Å². The van der Waals surface area contributed by atoms with Crippen molar-refractivity contribution in [1.29, 1.82) is 0 Å². The molecule has 0 atom stereocenters. The van der Waals surface area contributed by atoms with Crippen molar-refractivity contribution in [3.8, 4) is 0 Å². The predicted molar refractivity (Wildman–Crippen MR) is 83.3 cm³/mol. The molecule has 0 radical (unpaired) electrons. The van der Waals surface area contributed by atoms with Crippen molar-refractivity contribution in [3.05, 3.63) is 30.3 Å². The Morgan fingerprint density at radius 2 is 1.53 bits per heavy atom. The molecular formula is C18H28N+. The van der Waals surface area contributed by atoms with Crippen LogP contribution < -0.4 is 0 Å². The second-order valence-corrected chi connectivity index (χ2v) is 7.41. The molecule has 1 heterocycles. The molecule has 1 aliphatic rings. The highest BCUT2D eigenvalue weighted by molar-refractivity contribution is 5.88. The van der Waals surface area contributed by atoms with Gasteiger partial charge in [-0.05, 0) is 6.42 Å². The van der Waals surface area contributed by atoms with E-state index in [0.29, 0.717) is 11.3 Å². The maximum atomic E-state index is 2.60. The molecule has 1 heteroatoms. The average Bonchev–Trinajstić information content (AvgIpc) is 2.32. The van der Waals surface area contributed by atoms with E-state index < -0.39 is 0 Å². The Bertz CT molecular complexity index is 478. The number of rotatable bonds is 2. The summed E-state index contributed by atoms with van der Waals surface area (Å²) in [7, 11) is 0.